The van der Waals surface area contributed by atoms with E-state index in [4.69, 9.17) is 5.10 Å². The second-order valence-corrected chi connectivity index (χ2v) is 7.52. The fraction of sp³-hybridized carbons (Fsp3) is 0.192. The van der Waals surface area contributed by atoms with Gasteiger partial charge in [-0.05, 0) is 55.2 Å². The molecule has 2 N–H and O–H groups in total. The van der Waals surface area contributed by atoms with Crippen LogP contribution in [0.25, 0.3) is 17.1 Å². The normalized spacial score (nSPS) is 10.6. The zero-order valence-corrected chi connectivity index (χ0v) is 18.3. The largest absolute Gasteiger partial charge is 0.478 e. The van der Waals surface area contributed by atoms with E-state index in [0.717, 1.165) is 28.8 Å². The van der Waals surface area contributed by atoms with E-state index in [9.17, 15) is 9.90 Å². The molecule has 0 radical (unpaired) electrons. The first-order valence-electron chi connectivity index (χ1n) is 10.6. The van der Waals surface area contributed by atoms with Gasteiger partial charge in [0.2, 0.25) is 0 Å². The Bertz CT molecular complexity index is 1280. The minimum absolute atomic E-state index is 0.139. The van der Waals surface area contributed by atoms with E-state index < -0.39 is 5.97 Å². The Morgan fingerprint density at radius 3 is 2.66 bits per heavy atom. The summed E-state index contributed by atoms with van der Waals surface area (Å²) in [6.07, 6.45) is 3.32. The van der Waals surface area contributed by atoms with Crippen LogP contribution in [0, 0.1) is 19.1 Å². The van der Waals surface area contributed by atoms with Crippen LogP contribution in [0.2, 0.25) is 0 Å². The fourth-order valence-electron chi connectivity index (χ4n) is 3.50. The van der Waals surface area contributed by atoms with Crippen LogP contribution in [-0.4, -0.2) is 25.8 Å². The Labute approximate surface area is 187 Å². The molecule has 0 amide bonds. The first kappa shape index (κ1) is 21.1. The summed E-state index contributed by atoms with van der Waals surface area (Å²) in [6.45, 7) is 6.03. The van der Waals surface area contributed by atoms with E-state index in [1.54, 1.807) is 16.9 Å². The van der Waals surface area contributed by atoms with Gasteiger partial charge >= 0.3 is 5.97 Å². The zero-order valence-electron chi connectivity index (χ0n) is 18.3. The maximum atomic E-state index is 11.9. The van der Waals surface area contributed by atoms with Gasteiger partial charge in [0.1, 0.15) is 11.5 Å². The summed E-state index contributed by atoms with van der Waals surface area (Å²) in [6, 6.07) is 21.6. The predicted molar refractivity (Wildman–Crippen MR) is 125 cm³/mol. The van der Waals surface area contributed by atoms with Crippen LogP contribution in [0.5, 0.6) is 0 Å². The highest BCUT2D eigenvalue weighted by Gasteiger charge is 2.17. The summed E-state index contributed by atoms with van der Waals surface area (Å²) >= 11 is 0. The molecule has 160 valence electrons. The van der Waals surface area contributed by atoms with Crippen LogP contribution < -0.4 is 5.32 Å². The molecule has 4 rings (SSSR count). The van der Waals surface area contributed by atoms with Gasteiger partial charge in [0.05, 0.1) is 11.3 Å². The molecule has 4 aromatic rings. The number of hydrogen-bond donors (Lipinski definition) is 2. The molecule has 2 aromatic carbocycles. The highest BCUT2D eigenvalue weighted by atomic mass is 16.4. The van der Waals surface area contributed by atoms with Gasteiger partial charge in [-0.2, -0.15) is 9.78 Å². The summed E-state index contributed by atoms with van der Waals surface area (Å²) in [5.74, 6) is 0.238. The number of benzene rings is 1. The Morgan fingerprint density at radius 2 is 1.94 bits per heavy atom. The van der Waals surface area contributed by atoms with Crippen molar-refractivity contribution in [3.63, 3.8) is 0 Å². The fourth-order valence-corrected chi connectivity index (χ4v) is 3.50. The molecule has 0 unspecified atom stereocenters. The summed E-state index contributed by atoms with van der Waals surface area (Å²) < 4.78 is 1.70. The Balaban J connectivity index is 1.85. The van der Waals surface area contributed by atoms with Gasteiger partial charge in [-0.15, -0.1) is 0 Å². The number of carboxylic acids is 1. The van der Waals surface area contributed by atoms with Crippen molar-refractivity contribution in [1.29, 1.82) is 0 Å². The number of aromatic carboxylic acids is 1. The zero-order chi connectivity index (χ0) is 22.7. The number of nitrogens with one attached hydrogen (secondary N) is 1. The van der Waals surface area contributed by atoms with Crippen molar-refractivity contribution in [2.45, 2.75) is 33.6 Å². The molecule has 6 heteroatoms. The molecule has 2 heterocycles. The molecular weight excluding hydrogens is 400 g/mol. The third kappa shape index (κ3) is 4.19. The maximum Gasteiger partial charge on any atom is 0.338 e. The number of aromatic nitrogens is 3. The lowest BCUT2D eigenvalue weighted by atomic mass is 10.1. The third-order valence-corrected chi connectivity index (χ3v) is 5.32. The molecule has 0 aliphatic carbocycles. The molecule has 6 nitrogen and oxygen atoms in total. The van der Waals surface area contributed by atoms with Gasteiger partial charge in [-0.3, -0.25) is 0 Å². The van der Waals surface area contributed by atoms with E-state index in [1.165, 1.54) is 5.56 Å². The van der Waals surface area contributed by atoms with Gasteiger partial charge < -0.3 is 10.4 Å². The van der Waals surface area contributed by atoms with Crippen LogP contribution in [0.4, 0.5) is 11.5 Å². The summed E-state index contributed by atoms with van der Waals surface area (Å²) in [5, 5.41) is 17.7. The van der Waals surface area contributed by atoms with E-state index >= 15 is 0 Å². The average molecular weight is 425 g/mol. The summed E-state index contributed by atoms with van der Waals surface area (Å²) in [4.78, 5) is 16.4. The number of hydrogen-bond acceptors (Lipinski definition) is 4. The number of carboxylic acid groups (broad SMARTS) is 1. The lowest BCUT2D eigenvalue weighted by molar-refractivity contribution is 0.0698. The predicted octanol–water partition coefficient (Wildman–Crippen LogP) is 5.41. The lowest BCUT2D eigenvalue weighted by Gasteiger charge is -2.11. The first-order valence-corrected chi connectivity index (χ1v) is 10.6. The van der Waals surface area contributed by atoms with Gasteiger partial charge in [0.15, 0.2) is 5.82 Å². The Hall–Kier alpha value is -4.11. The van der Waals surface area contributed by atoms with Crippen molar-refractivity contribution < 1.29 is 9.90 Å². The van der Waals surface area contributed by atoms with Crippen molar-refractivity contribution in [3.8, 4) is 17.1 Å². The molecule has 0 atom stereocenters. The highest BCUT2D eigenvalue weighted by molar-refractivity contribution is 5.95. The molecule has 0 bridgehead atoms. The molecule has 0 saturated heterocycles. The third-order valence-electron chi connectivity index (χ3n) is 5.32. The van der Waals surface area contributed by atoms with Crippen molar-refractivity contribution in [3.05, 3.63) is 89.1 Å². The van der Waals surface area contributed by atoms with Gasteiger partial charge in [0, 0.05) is 23.4 Å². The quantitative estimate of drug-likeness (QED) is 0.415. The topological polar surface area (TPSA) is 80.0 Å². The maximum absolute atomic E-state index is 11.9. The first-order chi connectivity index (χ1) is 15.5. The monoisotopic (exact) mass is 424 g/mol. The summed E-state index contributed by atoms with van der Waals surface area (Å²) in [7, 11) is 0. The van der Waals surface area contributed by atoms with E-state index in [-0.39, 0.29) is 5.56 Å². The smallest absolute Gasteiger partial charge is 0.338 e. The van der Waals surface area contributed by atoms with Crippen molar-refractivity contribution >= 4 is 17.5 Å². The van der Waals surface area contributed by atoms with Gasteiger partial charge in [-0.1, -0.05) is 44.2 Å². The van der Waals surface area contributed by atoms with Crippen LogP contribution in [-0.2, 0) is 12.8 Å². The number of rotatable bonds is 7. The minimum Gasteiger partial charge on any atom is -0.478 e. The second-order valence-electron chi connectivity index (χ2n) is 7.52. The molecule has 0 aliphatic rings. The molecule has 32 heavy (non-hydrogen) atoms. The Morgan fingerprint density at radius 1 is 1.09 bits per heavy atom. The average Bonchev–Trinajstić information content (AvgIpc) is 3.23. The molecule has 0 fully saturated rings. The van der Waals surface area contributed by atoms with Crippen molar-refractivity contribution in [1.82, 2.24) is 14.8 Å². The minimum atomic E-state index is -1.02. The van der Waals surface area contributed by atoms with E-state index in [0.29, 0.717) is 23.7 Å². The number of anilines is 2. The van der Waals surface area contributed by atoms with Crippen LogP contribution in [0.3, 0.4) is 0 Å². The molecule has 0 saturated carbocycles. The molecule has 0 aliphatic heterocycles. The molecule has 2 aromatic heterocycles. The van der Waals surface area contributed by atoms with E-state index in [2.05, 4.69) is 41.5 Å². The number of aryl methyl sites for hydroxylation is 3. The molecular formula is C26H24N4O2. The molecule has 0 spiro atoms. The second kappa shape index (κ2) is 8.94. The van der Waals surface area contributed by atoms with Crippen LogP contribution in [0.1, 0.15) is 40.9 Å². The van der Waals surface area contributed by atoms with Gasteiger partial charge in [0.25, 0.3) is 0 Å². The standard InChI is InChI=1S/C26H24N4O2/c1-4-18-9-6-10-20(14-18)23-16-24(30(29-23)25-17(3)8-7-13-27-25)28-22-12-11-19(5-2)15-21(22)26(31)32/h6-10,13-16,28H,4-5H2,1-3H3,(H,31,32). The number of pyridine rings is 1. The van der Waals surface area contributed by atoms with Gasteiger partial charge in [-0.25, -0.2) is 9.78 Å². The highest BCUT2D eigenvalue weighted by Crippen LogP contribution is 2.29. The van der Waals surface area contributed by atoms with Crippen molar-refractivity contribution in [2.75, 3.05) is 5.32 Å². The Kier molecular flexibility index (Phi) is 5.91. The number of nitrogens with zero attached hydrogens (tertiary/aromatic N) is 3. The number of carbonyl (C=O) groups is 1. The summed E-state index contributed by atoms with van der Waals surface area (Å²) in [5.41, 5.74) is 5.17. The van der Waals surface area contributed by atoms with E-state index in [1.807, 2.05) is 44.2 Å². The van der Waals surface area contributed by atoms with Crippen molar-refractivity contribution in [2.24, 2.45) is 0 Å². The lowest BCUT2D eigenvalue weighted by Crippen LogP contribution is -2.08. The SMILES string of the molecule is CCc1c#cc(Nc2cc(-c3cccc(CC)c3)nn2-c2ncccc2C)c(C(=O)O)c1. The van der Waals surface area contributed by atoms with Crippen LogP contribution in [0.15, 0.2) is 54.7 Å². The van der Waals surface area contributed by atoms with Crippen LogP contribution >= 0.6 is 0 Å².